The number of aliphatic hydroxyl groups is 1. The minimum Gasteiger partial charge on any atom is -0.491 e. The Balaban J connectivity index is 1.23. The van der Waals surface area contributed by atoms with Crippen LogP contribution in [0.3, 0.4) is 0 Å². The molecule has 2 heterocycles. The zero-order valence-electron chi connectivity index (χ0n) is 15.6. The van der Waals surface area contributed by atoms with E-state index in [1.807, 2.05) is 23.1 Å². The van der Waals surface area contributed by atoms with Crippen LogP contribution < -0.4 is 15.0 Å². The van der Waals surface area contributed by atoms with Crippen LogP contribution in [0.15, 0.2) is 42.5 Å². The predicted octanol–water partition coefficient (Wildman–Crippen LogP) is 1.88. The van der Waals surface area contributed by atoms with Gasteiger partial charge in [-0.1, -0.05) is 12.1 Å². The SMILES string of the molecule is O=C1Cc2cc(OCC(O)CN3CCN(c4ccccc4F)CC3)ccc2N1. The summed E-state index contributed by atoms with van der Waals surface area (Å²) in [6.07, 6.45) is -0.255. The first-order valence-corrected chi connectivity index (χ1v) is 9.54. The zero-order valence-corrected chi connectivity index (χ0v) is 15.6. The van der Waals surface area contributed by atoms with Gasteiger partial charge in [-0.25, -0.2) is 4.39 Å². The molecular formula is C21H24FN3O3. The number of carbonyl (C=O) groups excluding carboxylic acids is 1. The van der Waals surface area contributed by atoms with Gasteiger partial charge in [0.1, 0.15) is 24.3 Å². The molecule has 7 heteroatoms. The largest absolute Gasteiger partial charge is 0.491 e. The van der Waals surface area contributed by atoms with Gasteiger partial charge in [0.05, 0.1) is 12.1 Å². The van der Waals surface area contributed by atoms with Gasteiger partial charge in [0.25, 0.3) is 0 Å². The number of piperazine rings is 1. The van der Waals surface area contributed by atoms with Crippen LogP contribution in [0.2, 0.25) is 0 Å². The second-order valence-corrected chi connectivity index (χ2v) is 7.25. The fourth-order valence-corrected chi connectivity index (χ4v) is 3.72. The molecule has 1 unspecified atom stereocenters. The first-order valence-electron chi connectivity index (χ1n) is 9.54. The van der Waals surface area contributed by atoms with Crippen LogP contribution in [-0.4, -0.2) is 61.3 Å². The normalized spacial score (nSPS) is 17.9. The highest BCUT2D eigenvalue weighted by atomic mass is 19.1. The maximum absolute atomic E-state index is 13.9. The number of β-amino-alcohol motifs (C(OH)–C–C–N with tert-alkyl or cyclic N) is 1. The van der Waals surface area contributed by atoms with E-state index in [2.05, 4.69) is 10.2 Å². The summed E-state index contributed by atoms with van der Waals surface area (Å²) < 4.78 is 19.6. The third-order valence-corrected chi connectivity index (χ3v) is 5.18. The van der Waals surface area contributed by atoms with Crippen molar-refractivity contribution in [1.29, 1.82) is 0 Å². The summed E-state index contributed by atoms with van der Waals surface area (Å²) in [4.78, 5) is 15.6. The van der Waals surface area contributed by atoms with Crippen molar-refractivity contribution in [3.63, 3.8) is 0 Å². The average Bonchev–Trinajstić information content (AvgIpc) is 3.07. The molecule has 1 amide bonds. The Morgan fingerprint density at radius 2 is 1.93 bits per heavy atom. The lowest BCUT2D eigenvalue weighted by molar-refractivity contribution is -0.115. The fourth-order valence-electron chi connectivity index (χ4n) is 3.72. The molecule has 2 aliphatic rings. The lowest BCUT2D eigenvalue weighted by Crippen LogP contribution is -2.49. The molecule has 6 nitrogen and oxygen atoms in total. The molecule has 0 bridgehead atoms. The van der Waals surface area contributed by atoms with E-state index in [1.165, 1.54) is 6.07 Å². The molecule has 0 aliphatic carbocycles. The number of aliphatic hydroxyl groups excluding tert-OH is 1. The summed E-state index contributed by atoms with van der Waals surface area (Å²) in [7, 11) is 0. The monoisotopic (exact) mass is 385 g/mol. The molecule has 2 aliphatic heterocycles. The van der Waals surface area contributed by atoms with Crippen molar-refractivity contribution in [3.05, 3.63) is 53.8 Å². The van der Waals surface area contributed by atoms with Gasteiger partial charge < -0.3 is 20.1 Å². The van der Waals surface area contributed by atoms with Gasteiger partial charge in [-0.05, 0) is 35.9 Å². The molecule has 2 aromatic carbocycles. The van der Waals surface area contributed by atoms with E-state index < -0.39 is 6.10 Å². The van der Waals surface area contributed by atoms with Crippen molar-refractivity contribution in [1.82, 2.24) is 4.90 Å². The van der Waals surface area contributed by atoms with Crippen molar-refractivity contribution >= 4 is 17.3 Å². The van der Waals surface area contributed by atoms with Crippen molar-refractivity contribution in [2.75, 3.05) is 49.5 Å². The van der Waals surface area contributed by atoms with E-state index in [0.717, 1.165) is 37.4 Å². The second kappa shape index (κ2) is 8.16. The zero-order chi connectivity index (χ0) is 19.5. The van der Waals surface area contributed by atoms with Crippen LogP contribution in [0.4, 0.5) is 15.8 Å². The van der Waals surface area contributed by atoms with Gasteiger partial charge in [-0.3, -0.25) is 9.69 Å². The number of benzene rings is 2. The van der Waals surface area contributed by atoms with E-state index in [-0.39, 0.29) is 18.3 Å². The number of hydrogen-bond donors (Lipinski definition) is 2. The summed E-state index contributed by atoms with van der Waals surface area (Å²) in [5.74, 6) is 0.441. The minimum absolute atomic E-state index is 0.0123. The second-order valence-electron chi connectivity index (χ2n) is 7.25. The Morgan fingerprint density at radius 3 is 2.71 bits per heavy atom. The number of amides is 1. The number of nitrogens with zero attached hydrogens (tertiary/aromatic N) is 2. The molecule has 0 saturated carbocycles. The van der Waals surface area contributed by atoms with E-state index in [4.69, 9.17) is 4.74 Å². The number of rotatable bonds is 6. The lowest BCUT2D eigenvalue weighted by Gasteiger charge is -2.36. The summed E-state index contributed by atoms with van der Waals surface area (Å²) in [5, 5.41) is 13.1. The van der Waals surface area contributed by atoms with Gasteiger partial charge in [0.2, 0.25) is 5.91 Å². The van der Waals surface area contributed by atoms with Crippen molar-refractivity contribution in [2.45, 2.75) is 12.5 Å². The molecule has 28 heavy (non-hydrogen) atoms. The summed E-state index contributed by atoms with van der Waals surface area (Å²) in [6.45, 7) is 3.67. The maximum Gasteiger partial charge on any atom is 0.228 e. The molecule has 1 atom stereocenters. The van der Waals surface area contributed by atoms with Crippen LogP contribution in [0.5, 0.6) is 5.75 Å². The number of fused-ring (bicyclic) bond motifs is 1. The Kier molecular flexibility index (Phi) is 5.45. The van der Waals surface area contributed by atoms with Gasteiger partial charge in [0.15, 0.2) is 0 Å². The molecule has 2 N–H and O–H groups in total. The van der Waals surface area contributed by atoms with Crippen LogP contribution in [-0.2, 0) is 11.2 Å². The van der Waals surface area contributed by atoms with Gasteiger partial charge in [-0.2, -0.15) is 0 Å². The highest BCUT2D eigenvalue weighted by molar-refractivity contribution is 5.99. The number of anilines is 2. The molecule has 2 aromatic rings. The number of carbonyl (C=O) groups is 1. The smallest absolute Gasteiger partial charge is 0.228 e. The molecule has 0 spiro atoms. The molecule has 4 rings (SSSR count). The van der Waals surface area contributed by atoms with Crippen LogP contribution in [0.25, 0.3) is 0 Å². The standard InChI is InChI=1S/C21H24FN3O3/c22-18-3-1-2-4-20(18)25-9-7-24(8-10-25)13-16(26)14-28-17-5-6-19-15(11-17)12-21(27)23-19/h1-6,11,16,26H,7-10,12-14H2,(H,23,27). The van der Waals surface area contributed by atoms with Gasteiger partial charge in [-0.15, -0.1) is 0 Å². The molecular weight excluding hydrogens is 361 g/mol. The summed E-state index contributed by atoms with van der Waals surface area (Å²) in [5.41, 5.74) is 2.38. The Hall–Kier alpha value is -2.64. The van der Waals surface area contributed by atoms with Crippen molar-refractivity contribution in [2.24, 2.45) is 0 Å². The van der Waals surface area contributed by atoms with E-state index in [1.54, 1.807) is 18.2 Å². The Bertz CT molecular complexity index is 853. The highest BCUT2D eigenvalue weighted by Gasteiger charge is 2.22. The Labute approximate surface area is 163 Å². The molecule has 1 saturated heterocycles. The third-order valence-electron chi connectivity index (χ3n) is 5.18. The topological polar surface area (TPSA) is 65.0 Å². The van der Waals surface area contributed by atoms with E-state index >= 15 is 0 Å². The quantitative estimate of drug-likeness (QED) is 0.795. The first-order chi connectivity index (χ1) is 13.6. The summed E-state index contributed by atoms with van der Waals surface area (Å²) >= 11 is 0. The van der Waals surface area contributed by atoms with Gasteiger partial charge >= 0.3 is 0 Å². The van der Waals surface area contributed by atoms with Crippen LogP contribution in [0.1, 0.15) is 5.56 Å². The average molecular weight is 385 g/mol. The molecule has 0 radical (unpaired) electrons. The van der Waals surface area contributed by atoms with E-state index in [9.17, 15) is 14.3 Å². The number of nitrogens with one attached hydrogen (secondary N) is 1. The Morgan fingerprint density at radius 1 is 1.14 bits per heavy atom. The summed E-state index contributed by atoms with van der Waals surface area (Å²) in [6, 6.07) is 12.3. The number of para-hydroxylation sites is 1. The van der Waals surface area contributed by atoms with Gasteiger partial charge in [0, 0.05) is 38.4 Å². The predicted molar refractivity (Wildman–Crippen MR) is 105 cm³/mol. The minimum atomic E-state index is -0.618. The molecule has 148 valence electrons. The van der Waals surface area contributed by atoms with Crippen molar-refractivity contribution in [3.8, 4) is 5.75 Å². The first kappa shape index (κ1) is 18.7. The highest BCUT2D eigenvalue weighted by Crippen LogP contribution is 2.27. The molecule has 0 aromatic heterocycles. The van der Waals surface area contributed by atoms with E-state index in [0.29, 0.717) is 24.4 Å². The lowest BCUT2D eigenvalue weighted by atomic mass is 10.1. The third kappa shape index (κ3) is 4.26. The number of ether oxygens (including phenoxy) is 1. The fraction of sp³-hybridized carbons (Fsp3) is 0.381. The molecule has 1 fully saturated rings. The maximum atomic E-state index is 13.9. The van der Waals surface area contributed by atoms with Crippen molar-refractivity contribution < 1.29 is 19.0 Å². The number of hydrogen-bond acceptors (Lipinski definition) is 5. The van der Waals surface area contributed by atoms with Crippen LogP contribution >= 0.6 is 0 Å². The number of halogens is 1. The van der Waals surface area contributed by atoms with Crippen LogP contribution in [0, 0.1) is 5.82 Å².